The summed E-state index contributed by atoms with van der Waals surface area (Å²) in [6.45, 7) is 2.35. The first-order chi connectivity index (χ1) is 17.5. The van der Waals surface area contributed by atoms with Crippen LogP contribution in [0, 0.1) is 5.41 Å². The second-order valence-electron chi connectivity index (χ2n) is 10.1. The van der Waals surface area contributed by atoms with E-state index in [1.54, 1.807) is 0 Å². The molecule has 200 valence electrons. The molecule has 4 aliphatic rings. The monoisotopic (exact) mass is 521 g/mol. The largest absolute Gasteiger partial charge is 0.379 e. The number of fused-ring (bicyclic) bond motifs is 1. The number of rotatable bonds is 17. The Balaban J connectivity index is 0.897. The zero-order valence-electron chi connectivity index (χ0n) is 21.0. The van der Waals surface area contributed by atoms with E-state index in [1.165, 1.54) is 5.57 Å². The molecular formula is C26H39N3O6S. The first-order valence-corrected chi connectivity index (χ1v) is 14.4. The average Bonchev–Trinajstić information content (AvgIpc) is 3.06. The smallest absolute Gasteiger partial charge is 0.315 e. The molecule has 0 aromatic rings. The van der Waals surface area contributed by atoms with Crippen LogP contribution >= 0.6 is 11.8 Å². The van der Waals surface area contributed by atoms with Crippen molar-refractivity contribution in [3.63, 3.8) is 0 Å². The van der Waals surface area contributed by atoms with Gasteiger partial charge in [0.1, 0.15) is 11.6 Å². The Hall–Kier alpha value is -1.91. The lowest BCUT2D eigenvalue weighted by molar-refractivity contribution is -0.121. The molecule has 3 N–H and O–H groups in total. The highest BCUT2D eigenvalue weighted by atomic mass is 32.2. The number of amides is 3. The van der Waals surface area contributed by atoms with E-state index in [4.69, 9.17) is 9.47 Å². The minimum Gasteiger partial charge on any atom is -0.379 e. The van der Waals surface area contributed by atoms with E-state index in [2.05, 4.69) is 22.0 Å². The van der Waals surface area contributed by atoms with Gasteiger partial charge in [0, 0.05) is 49.8 Å². The van der Waals surface area contributed by atoms with Crippen LogP contribution in [-0.2, 0) is 23.9 Å². The van der Waals surface area contributed by atoms with Gasteiger partial charge in [-0.15, -0.1) is 0 Å². The quantitative estimate of drug-likeness (QED) is 0.152. The summed E-state index contributed by atoms with van der Waals surface area (Å²) in [4.78, 5) is 47.4. The minimum atomic E-state index is -0.199. The summed E-state index contributed by atoms with van der Waals surface area (Å²) in [5.41, 5.74) is 1.04. The number of hydrogen-bond donors (Lipinski definition) is 3. The molecule has 4 unspecified atom stereocenters. The third kappa shape index (κ3) is 7.32. The number of ether oxygens (including phenoxy) is 2. The number of nitrogens with one attached hydrogen (secondary N) is 3. The Morgan fingerprint density at radius 1 is 1.06 bits per heavy atom. The zero-order chi connectivity index (χ0) is 25.4. The molecule has 10 heteroatoms. The van der Waals surface area contributed by atoms with Crippen LogP contribution in [0.2, 0.25) is 0 Å². The van der Waals surface area contributed by atoms with Crippen molar-refractivity contribution in [2.45, 2.75) is 81.5 Å². The fourth-order valence-corrected chi connectivity index (χ4v) is 6.99. The highest BCUT2D eigenvalue weighted by molar-refractivity contribution is 8.00. The van der Waals surface area contributed by atoms with E-state index >= 15 is 0 Å². The maximum Gasteiger partial charge on any atom is 0.315 e. The lowest BCUT2D eigenvalue weighted by Gasteiger charge is -2.16. The predicted molar refractivity (Wildman–Crippen MR) is 137 cm³/mol. The van der Waals surface area contributed by atoms with Crippen molar-refractivity contribution in [1.82, 2.24) is 16.0 Å². The normalized spacial score (nSPS) is 28.1. The number of allylic oxidation sites excluding steroid dienone is 2. The molecule has 4 atom stereocenters. The molecule has 0 bridgehead atoms. The van der Waals surface area contributed by atoms with Gasteiger partial charge < -0.3 is 25.4 Å². The standard InChI is InChI=1S/C26H39N3O6S/c30-19(8-9-21-24-20(17-36-21)28-25(33)29-24)5-3-12-34-14-15-35-13-11-27-23(32)7-1-4-18-16-26(18)10-2-6-22(26)31/h16,20-21,24H,1-15,17H2,(H,27,32)(H2,28,29,33). The Morgan fingerprint density at radius 3 is 2.69 bits per heavy atom. The molecule has 36 heavy (non-hydrogen) atoms. The second kappa shape index (κ2) is 13.1. The molecule has 2 saturated heterocycles. The highest BCUT2D eigenvalue weighted by Gasteiger charge is 2.51. The van der Waals surface area contributed by atoms with Gasteiger partial charge in [-0.3, -0.25) is 14.4 Å². The first kappa shape index (κ1) is 27.1. The van der Waals surface area contributed by atoms with E-state index in [1.807, 2.05) is 11.8 Å². The minimum absolute atomic E-state index is 0.0172. The average molecular weight is 522 g/mol. The van der Waals surface area contributed by atoms with Gasteiger partial charge >= 0.3 is 6.03 Å². The molecule has 1 saturated carbocycles. The summed E-state index contributed by atoms with van der Waals surface area (Å²) < 4.78 is 11.0. The van der Waals surface area contributed by atoms with Crippen LogP contribution in [0.5, 0.6) is 0 Å². The summed E-state index contributed by atoms with van der Waals surface area (Å²) >= 11 is 1.83. The van der Waals surface area contributed by atoms with E-state index in [-0.39, 0.29) is 35.2 Å². The van der Waals surface area contributed by atoms with Crippen molar-refractivity contribution in [1.29, 1.82) is 0 Å². The van der Waals surface area contributed by atoms with Gasteiger partial charge in [-0.25, -0.2) is 4.79 Å². The molecule has 2 heterocycles. The third-order valence-corrected chi connectivity index (χ3v) is 9.07. The van der Waals surface area contributed by atoms with Gasteiger partial charge in [-0.2, -0.15) is 11.8 Å². The van der Waals surface area contributed by atoms with Crippen molar-refractivity contribution < 1.29 is 28.7 Å². The number of carbonyl (C=O) groups excluding carboxylic acids is 4. The Labute approximate surface area is 217 Å². The van der Waals surface area contributed by atoms with Crippen LogP contribution in [0.25, 0.3) is 0 Å². The molecule has 0 aromatic heterocycles. The molecule has 0 aromatic carbocycles. The van der Waals surface area contributed by atoms with Gasteiger partial charge in [0.2, 0.25) is 5.91 Å². The number of hydrogen-bond acceptors (Lipinski definition) is 7. The van der Waals surface area contributed by atoms with Crippen LogP contribution < -0.4 is 16.0 Å². The van der Waals surface area contributed by atoms with Gasteiger partial charge in [-0.1, -0.05) is 11.6 Å². The Kier molecular flexibility index (Phi) is 9.84. The summed E-state index contributed by atoms with van der Waals surface area (Å²) in [6.07, 6.45) is 9.42. The van der Waals surface area contributed by atoms with Crippen LogP contribution in [0.4, 0.5) is 4.79 Å². The van der Waals surface area contributed by atoms with E-state index in [9.17, 15) is 19.2 Å². The van der Waals surface area contributed by atoms with Crippen LogP contribution in [-0.4, -0.2) is 79.6 Å². The molecule has 3 fully saturated rings. The van der Waals surface area contributed by atoms with Crippen molar-refractivity contribution in [3.05, 3.63) is 11.6 Å². The van der Waals surface area contributed by atoms with E-state index < -0.39 is 0 Å². The zero-order valence-corrected chi connectivity index (χ0v) is 21.8. The Bertz CT molecular complexity index is 865. The number of carbonyl (C=O) groups is 4. The molecule has 2 aliphatic carbocycles. The SMILES string of the molecule is O=C(CCCOCCOCCNC(=O)CCCC1=CC12CCCC2=O)CCC1SCC2NC(=O)NC21. The lowest BCUT2D eigenvalue weighted by atomic mass is 9.95. The molecule has 2 aliphatic heterocycles. The topological polar surface area (TPSA) is 123 Å². The maximum atomic E-state index is 12.1. The molecule has 4 rings (SSSR count). The van der Waals surface area contributed by atoms with Gasteiger partial charge in [0.25, 0.3) is 0 Å². The fourth-order valence-electron chi connectivity index (χ4n) is 5.49. The van der Waals surface area contributed by atoms with Crippen molar-refractivity contribution in [2.24, 2.45) is 5.41 Å². The summed E-state index contributed by atoms with van der Waals surface area (Å²) in [7, 11) is 0. The van der Waals surface area contributed by atoms with Crippen molar-refractivity contribution in [2.75, 3.05) is 38.7 Å². The predicted octanol–water partition coefficient (Wildman–Crippen LogP) is 2.28. The van der Waals surface area contributed by atoms with Crippen molar-refractivity contribution >= 4 is 35.3 Å². The van der Waals surface area contributed by atoms with Crippen LogP contribution in [0.3, 0.4) is 0 Å². The summed E-state index contributed by atoms with van der Waals surface area (Å²) in [5, 5.41) is 9.05. The maximum absolute atomic E-state index is 12.1. The van der Waals surface area contributed by atoms with Gasteiger partial charge in [0.15, 0.2) is 0 Å². The highest BCUT2D eigenvalue weighted by Crippen LogP contribution is 2.55. The second-order valence-corrected chi connectivity index (χ2v) is 11.4. The van der Waals surface area contributed by atoms with Gasteiger partial charge in [-0.05, 0) is 38.5 Å². The summed E-state index contributed by atoms with van der Waals surface area (Å²) in [6, 6.07) is 0.249. The van der Waals surface area contributed by atoms with Gasteiger partial charge in [0.05, 0.1) is 37.3 Å². The third-order valence-electron chi connectivity index (χ3n) is 7.56. The van der Waals surface area contributed by atoms with Crippen LogP contribution in [0.1, 0.15) is 64.2 Å². The first-order valence-electron chi connectivity index (χ1n) is 13.4. The molecule has 3 amide bonds. The lowest BCUT2D eigenvalue weighted by Crippen LogP contribution is -2.37. The van der Waals surface area contributed by atoms with Crippen LogP contribution in [0.15, 0.2) is 11.6 Å². The fraction of sp³-hybridized carbons (Fsp3) is 0.769. The number of thioether (sulfide) groups is 1. The summed E-state index contributed by atoms with van der Waals surface area (Å²) in [5.74, 6) is 1.53. The van der Waals surface area contributed by atoms with E-state index in [0.717, 1.165) is 37.9 Å². The number of urea groups is 1. The molecule has 9 nitrogen and oxygen atoms in total. The molecule has 1 spiro atoms. The number of ketones is 2. The molecular weight excluding hydrogens is 482 g/mol. The van der Waals surface area contributed by atoms with Crippen molar-refractivity contribution in [3.8, 4) is 0 Å². The number of Topliss-reactive ketones (excluding diaryl/α,β-unsaturated/α-hetero) is 2. The Morgan fingerprint density at radius 2 is 1.89 bits per heavy atom. The molecule has 0 radical (unpaired) electrons. The van der Waals surface area contributed by atoms with E-state index in [0.29, 0.717) is 76.1 Å².